The van der Waals surface area contributed by atoms with Crippen LogP contribution in [-0.4, -0.2) is 36.6 Å². The van der Waals surface area contributed by atoms with Gasteiger partial charge in [0.2, 0.25) is 0 Å². The SMILES string of the molecule is CC(=C/[C@H](C)C/C(C)=C/C=C/[C@H](O)[C@@H]1CCCCO1)/C=C/C1CCCCO1. The summed E-state index contributed by atoms with van der Waals surface area (Å²) in [7, 11) is 0. The Kier molecular flexibility index (Phi) is 10.1. The van der Waals surface area contributed by atoms with Crippen molar-refractivity contribution in [2.75, 3.05) is 13.2 Å². The lowest BCUT2D eigenvalue weighted by molar-refractivity contribution is -0.0441. The summed E-state index contributed by atoms with van der Waals surface area (Å²) in [4.78, 5) is 0. The minimum Gasteiger partial charge on any atom is -0.386 e. The van der Waals surface area contributed by atoms with E-state index >= 15 is 0 Å². The van der Waals surface area contributed by atoms with Crippen LogP contribution < -0.4 is 0 Å². The summed E-state index contributed by atoms with van der Waals surface area (Å²) in [5, 5.41) is 10.2. The second kappa shape index (κ2) is 12.3. The number of ether oxygens (including phenoxy) is 2. The van der Waals surface area contributed by atoms with Crippen molar-refractivity contribution in [3.63, 3.8) is 0 Å². The highest BCUT2D eigenvalue weighted by atomic mass is 16.5. The van der Waals surface area contributed by atoms with Crippen LogP contribution >= 0.6 is 0 Å². The summed E-state index contributed by atoms with van der Waals surface area (Å²) >= 11 is 0. The van der Waals surface area contributed by atoms with Crippen molar-refractivity contribution in [1.29, 1.82) is 0 Å². The largest absolute Gasteiger partial charge is 0.386 e. The van der Waals surface area contributed by atoms with E-state index in [-0.39, 0.29) is 6.10 Å². The molecule has 27 heavy (non-hydrogen) atoms. The Balaban J connectivity index is 1.75. The Morgan fingerprint density at radius 3 is 2.48 bits per heavy atom. The second-order valence-electron chi connectivity index (χ2n) is 8.15. The van der Waals surface area contributed by atoms with E-state index in [2.05, 4.69) is 45.1 Å². The van der Waals surface area contributed by atoms with E-state index in [0.717, 1.165) is 45.3 Å². The molecule has 0 saturated carbocycles. The van der Waals surface area contributed by atoms with Crippen LogP contribution in [0.3, 0.4) is 0 Å². The standard InChI is InChI=1S/C24H38O3/c1-19(9-8-11-23(25)24-12-5-7-16-27-24)17-21(3)18-20(2)13-14-22-10-4-6-15-26-22/h8-9,11,13-14,18,21-25H,4-7,10,12,15-17H2,1-3H3/b11-8+,14-13+,19-9+,20-18-/t21-,22?,23+,24+/m1/s1. The quantitative estimate of drug-likeness (QED) is 0.569. The van der Waals surface area contributed by atoms with E-state index in [1.165, 1.54) is 24.0 Å². The van der Waals surface area contributed by atoms with E-state index in [1.54, 1.807) is 0 Å². The van der Waals surface area contributed by atoms with E-state index in [0.29, 0.717) is 12.0 Å². The predicted octanol–water partition coefficient (Wildman–Crippen LogP) is 5.52. The third kappa shape index (κ3) is 9.05. The molecule has 0 aromatic heterocycles. The van der Waals surface area contributed by atoms with E-state index in [1.807, 2.05) is 12.2 Å². The van der Waals surface area contributed by atoms with Gasteiger partial charge in [-0.2, -0.15) is 0 Å². The number of hydrogen-bond donors (Lipinski definition) is 1. The fraction of sp³-hybridized carbons (Fsp3) is 0.667. The minimum atomic E-state index is -0.499. The molecular formula is C24H38O3. The molecule has 0 radical (unpaired) electrons. The van der Waals surface area contributed by atoms with Crippen LogP contribution in [0.2, 0.25) is 0 Å². The van der Waals surface area contributed by atoms with Gasteiger partial charge in [0.15, 0.2) is 0 Å². The van der Waals surface area contributed by atoms with Crippen molar-refractivity contribution in [3.8, 4) is 0 Å². The molecule has 0 aromatic carbocycles. The lowest BCUT2D eigenvalue weighted by atomic mass is 9.98. The average Bonchev–Trinajstić information content (AvgIpc) is 2.67. The molecule has 4 atom stereocenters. The molecule has 0 aliphatic carbocycles. The fourth-order valence-electron chi connectivity index (χ4n) is 3.81. The van der Waals surface area contributed by atoms with Gasteiger partial charge in [0, 0.05) is 13.2 Å². The molecule has 1 N–H and O–H groups in total. The molecule has 2 saturated heterocycles. The number of rotatable bonds is 8. The topological polar surface area (TPSA) is 38.7 Å². The molecule has 0 spiro atoms. The fourth-order valence-corrected chi connectivity index (χ4v) is 3.81. The molecule has 2 heterocycles. The lowest BCUT2D eigenvalue weighted by Crippen LogP contribution is -2.30. The predicted molar refractivity (Wildman–Crippen MR) is 113 cm³/mol. The number of hydrogen-bond acceptors (Lipinski definition) is 3. The Bertz CT molecular complexity index is 532. The molecule has 3 nitrogen and oxygen atoms in total. The summed E-state index contributed by atoms with van der Waals surface area (Å²) in [5.74, 6) is 0.484. The van der Waals surface area contributed by atoms with Crippen LogP contribution in [0.25, 0.3) is 0 Å². The molecular weight excluding hydrogens is 336 g/mol. The van der Waals surface area contributed by atoms with Gasteiger partial charge in [-0.05, 0) is 64.7 Å². The zero-order valence-corrected chi connectivity index (χ0v) is 17.4. The first kappa shape index (κ1) is 22.1. The minimum absolute atomic E-state index is 0.0341. The van der Waals surface area contributed by atoms with Gasteiger partial charge in [-0.1, -0.05) is 54.5 Å². The zero-order chi connectivity index (χ0) is 19.5. The van der Waals surface area contributed by atoms with Crippen molar-refractivity contribution in [3.05, 3.63) is 47.6 Å². The first-order valence-corrected chi connectivity index (χ1v) is 10.7. The lowest BCUT2D eigenvalue weighted by Gasteiger charge is -2.25. The number of allylic oxidation sites excluding steroid dienone is 6. The van der Waals surface area contributed by atoms with E-state index in [4.69, 9.17) is 9.47 Å². The molecule has 0 bridgehead atoms. The van der Waals surface area contributed by atoms with E-state index < -0.39 is 6.10 Å². The van der Waals surface area contributed by atoms with E-state index in [9.17, 15) is 5.11 Å². The second-order valence-corrected chi connectivity index (χ2v) is 8.15. The molecule has 0 amide bonds. The Morgan fingerprint density at radius 1 is 1.07 bits per heavy atom. The van der Waals surface area contributed by atoms with Gasteiger partial charge in [-0.3, -0.25) is 0 Å². The molecule has 2 rings (SSSR count). The molecule has 3 heteroatoms. The molecule has 2 aliphatic heterocycles. The maximum atomic E-state index is 10.2. The monoisotopic (exact) mass is 374 g/mol. The summed E-state index contributed by atoms with van der Waals surface area (Å²) < 4.78 is 11.4. The maximum Gasteiger partial charge on any atom is 0.0985 e. The van der Waals surface area contributed by atoms with Crippen molar-refractivity contribution < 1.29 is 14.6 Å². The molecule has 152 valence electrons. The van der Waals surface area contributed by atoms with Crippen molar-refractivity contribution in [2.24, 2.45) is 5.92 Å². The third-order valence-corrected chi connectivity index (χ3v) is 5.26. The number of aliphatic hydroxyl groups is 1. The Labute approximate surface area is 165 Å². The molecule has 2 aliphatic rings. The molecule has 2 fully saturated rings. The van der Waals surface area contributed by atoms with Gasteiger partial charge in [0.25, 0.3) is 0 Å². The van der Waals surface area contributed by atoms with Crippen molar-refractivity contribution in [2.45, 2.75) is 84.0 Å². The van der Waals surface area contributed by atoms with Crippen LogP contribution in [0, 0.1) is 5.92 Å². The Hall–Kier alpha value is -1.16. The van der Waals surface area contributed by atoms with Gasteiger partial charge >= 0.3 is 0 Å². The van der Waals surface area contributed by atoms with Gasteiger partial charge < -0.3 is 14.6 Å². The molecule has 1 unspecified atom stereocenters. The highest BCUT2D eigenvalue weighted by molar-refractivity contribution is 5.20. The summed E-state index contributed by atoms with van der Waals surface area (Å²) in [6.07, 6.45) is 20.3. The summed E-state index contributed by atoms with van der Waals surface area (Å²) in [5.41, 5.74) is 2.61. The van der Waals surface area contributed by atoms with Crippen LogP contribution in [0.4, 0.5) is 0 Å². The highest BCUT2D eigenvalue weighted by Crippen LogP contribution is 2.18. The first-order chi connectivity index (χ1) is 13.0. The van der Waals surface area contributed by atoms with Gasteiger partial charge in [-0.15, -0.1) is 0 Å². The van der Waals surface area contributed by atoms with Gasteiger partial charge in [0.05, 0.1) is 18.3 Å². The molecule has 0 aromatic rings. The smallest absolute Gasteiger partial charge is 0.0985 e. The third-order valence-electron chi connectivity index (χ3n) is 5.26. The van der Waals surface area contributed by atoms with Crippen molar-refractivity contribution >= 4 is 0 Å². The average molecular weight is 375 g/mol. The summed E-state index contributed by atoms with van der Waals surface area (Å²) in [6.45, 7) is 8.23. The van der Waals surface area contributed by atoms with Crippen LogP contribution in [0.5, 0.6) is 0 Å². The maximum absolute atomic E-state index is 10.2. The highest BCUT2D eigenvalue weighted by Gasteiger charge is 2.19. The van der Waals surface area contributed by atoms with Crippen LogP contribution in [0.15, 0.2) is 47.6 Å². The Morgan fingerprint density at radius 2 is 1.81 bits per heavy atom. The van der Waals surface area contributed by atoms with Crippen molar-refractivity contribution in [1.82, 2.24) is 0 Å². The van der Waals surface area contributed by atoms with Gasteiger partial charge in [-0.25, -0.2) is 0 Å². The van der Waals surface area contributed by atoms with Crippen LogP contribution in [0.1, 0.15) is 65.7 Å². The van der Waals surface area contributed by atoms with Gasteiger partial charge in [0.1, 0.15) is 0 Å². The zero-order valence-electron chi connectivity index (χ0n) is 17.4. The van der Waals surface area contributed by atoms with Crippen LogP contribution in [-0.2, 0) is 9.47 Å². The number of aliphatic hydroxyl groups excluding tert-OH is 1. The first-order valence-electron chi connectivity index (χ1n) is 10.7. The normalized spacial score (nSPS) is 28.0. The summed E-state index contributed by atoms with van der Waals surface area (Å²) in [6, 6.07) is 0.